The molecular formula is C17H13N5O2. The van der Waals surface area contributed by atoms with Gasteiger partial charge in [0.2, 0.25) is 0 Å². The third-order valence-corrected chi connectivity index (χ3v) is 3.17. The number of amides is 1. The van der Waals surface area contributed by atoms with Gasteiger partial charge in [-0.3, -0.25) is 4.79 Å². The average Bonchev–Trinajstić information content (AvgIpc) is 3.14. The quantitative estimate of drug-likeness (QED) is 0.749. The van der Waals surface area contributed by atoms with E-state index in [1.807, 2.05) is 12.1 Å². The highest BCUT2D eigenvalue weighted by Crippen LogP contribution is 2.12. The van der Waals surface area contributed by atoms with E-state index in [1.54, 1.807) is 48.7 Å². The molecule has 2 heterocycles. The third-order valence-electron chi connectivity index (χ3n) is 3.17. The van der Waals surface area contributed by atoms with Gasteiger partial charge in [0.15, 0.2) is 5.69 Å². The van der Waals surface area contributed by atoms with Crippen LogP contribution >= 0.6 is 0 Å². The minimum atomic E-state index is -0.393. The molecule has 0 saturated heterocycles. The van der Waals surface area contributed by atoms with E-state index in [0.29, 0.717) is 23.6 Å². The summed E-state index contributed by atoms with van der Waals surface area (Å²) in [5.74, 6) is 0.917. The molecule has 0 saturated carbocycles. The van der Waals surface area contributed by atoms with E-state index >= 15 is 0 Å². The van der Waals surface area contributed by atoms with Crippen molar-refractivity contribution in [1.82, 2.24) is 10.2 Å². The van der Waals surface area contributed by atoms with Crippen molar-refractivity contribution in [3.8, 4) is 6.07 Å². The van der Waals surface area contributed by atoms with Crippen molar-refractivity contribution < 1.29 is 9.21 Å². The van der Waals surface area contributed by atoms with Gasteiger partial charge >= 0.3 is 0 Å². The first kappa shape index (κ1) is 15.2. The van der Waals surface area contributed by atoms with Crippen LogP contribution in [0.4, 0.5) is 11.5 Å². The predicted molar refractivity (Wildman–Crippen MR) is 87.2 cm³/mol. The van der Waals surface area contributed by atoms with Crippen molar-refractivity contribution in [3.05, 3.63) is 71.8 Å². The van der Waals surface area contributed by atoms with Gasteiger partial charge in [-0.25, -0.2) is 0 Å². The lowest BCUT2D eigenvalue weighted by Gasteiger charge is -2.06. The third kappa shape index (κ3) is 3.75. The molecule has 118 valence electrons. The van der Waals surface area contributed by atoms with Gasteiger partial charge in [0.05, 0.1) is 24.4 Å². The van der Waals surface area contributed by atoms with E-state index in [4.69, 9.17) is 9.68 Å². The molecule has 0 aliphatic heterocycles. The number of rotatable bonds is 5. The Labute approximate surface area is 137 Å². The Hall–Kier alpha value is -3.66. The summed E-state index contributed by atoms with van der Waals surface area (Å²) in [6.45, 7) is 0.480. The Morgan fingerprint density at radius 1 is 1.17 bits per heavy atom. The van der Waals surface area contributed by atoms with E-state index in [9.17, 15) is 4.79 Å². The number of nitrogens with zero attached hydrogens (tertiary/aromatic N) is 3. The smallest absolute Gasteiger partial charge is 0.276 e. The van der Waals surface area contributed by atoms with Crippen LogP contribution in [-0.4, -0.2) is 16.1 Å². The highest BCUT2D eigenvalue weighted by atomic mass is 16.3. The lowest BCUT2D eigenvalue weighted by molar-refractivity contribution is 0.102. The van der Waals surface area contributed by atoms with Gasteiger partial charge in [-0.1, -0.05) is 6.07 Å². The molecule has 0 aliphatic carbocycles. The van der Waals surface area contributed by atoms with Crippen LogP contribution in [-0.2, 0) is 6.54 Å². The first-order valence-corrected chi connectivity index (χ1v) is 7.16. The van der Waals surface area contributed by atoms with Crippen molar-refractivity contribution >= 4 is 17.4 Å². The van der Waals surface area contributed by atoms with Crippen LogP contribution in [0.15, 0.2) is 59.2 Å². The van der Waals surface area contributed by atoms with Crippen LogP contribution in [0.25, 0.3) is 0 Å². The molecule has 0 aliphatic rings. The van der Waals surface area contributed by atoms with Crippen LogP contribution in [0.3, 0.4) is 0 Å². The number of carbonyl (C=O) groups excluding carboxylic acids is 1. The number of furan rings is 1. The highest BCUT2D eigenvalue weighted by Gasteiger charge is 2.09. The standard InChI is InChI=1S/C17H13N5O2/c18-10-12-3-1-4-13(9-12)20-17(23)15-6-7-16(22-21-15)19-11-14-5-2-8-24-14/h1-9H,11H2,(H,19,22)(H,20,23). The molecule has 3 rings (SSSR count). The minimum Gasteiger partial charge on any atom is -0.467 e. The van der Waals surface area contributed by atoms with Gasteiger partial charge in [-0.15, -0.1) is 10.2 Å². The minimum absolute atomic E-state index is 0.181. The SMILES string of the molecule is N#Cc1cccc(NC(=O)c2ccc(NCc3ccco3)nn2)c1. The molecule has 0 spiro atoms. The van der Waals surface area contributed by atoms with E-state index in [1.165, 1.54) is 0 Å². The van der Waals surface area contributed by atoms with Crippen LogP contribution in [0.5, 0.6) is 0 Å². The van der Waals surface area contributed by atoms with E-state index < -0.39 is 5.91 Å². The maximum atomic E-state index is 12.1. The Bertz CT molecular complexity index is 867. The van der Waals surface area contributed by atoms with E-state index in [-0.39, 0.29) is 5.69 Å². The summed E-state index contributed by atoms with van der Waals surface area (Å²) >= 11 is 0. The fraction of sp³-hybridized carbons (Fsp3) is 0.0588. The molecule has 0 bridgehead atoms. The van der Waals surface area contributed by atoms with Gasteiger partial charge in [-0.2, -0.15) is 5.26 Å². The monoisotopic (exact) mass is 319 g/mol. The summed E-state index contributed by atoms with van der Waals surface area (Å²) in [4.78, 5) is 12.1. The lowest BCUT2D eigenvalue weighted by atomic mass is 10.2. The fourth-order valence-electron chi connectivity index (χ4n) is 2.00. The topological polar surface area (TPSA) is 104 Å². The zero-order chi connectivity index (χ0) is 16.8. The molecule has 7 heteroatoms. The largest absolute Gasteiger partial charge is 0.467 e. The molecule has 3 aromatic rings. The Morgan fingerprint density at radius 2 is 2.08 bits per heavy atom. The molecule has 0 fully saturated rings. The number of carbonyl (C=O) groups is 1. The summed E-state index contributed by atoms with van der Waals surface area (Å²) in [5.41, 5.74) is 1.18. The zero-order valence-electron chi connectivity index (χ0n) is 12.6. The maximum Gasteiger partial charge on any atom is 0.276 e. The van der Waals surface area contributed by atoms with Crippen molar-refractivity contribution in [3.63, 3.8) is 0 Å². The van der Waals surface area contributed by atoms with E-state index in [0.717, 1.165) is 5.76 Å². The van der Waals surface area contributed by atoms with Crippen molar-refractivity contribution in [2.75, 3.05) is 10.6 Å². The van der Waals surface area contributed by atoms with Crippen LogP contribution in [0.2, 0.25) is 0 Å². The first-order valence-electron chi connectivity index (χ1n) is 7.16. The van der Waals surface area contributed by atoms with Gasteiger partial charge in [0, 0.05) is 5.69 Å². The summed E-state index contributed by atoms with van der Waals surface area (Å²) in [5, 5.41) is 22.4. The van der Waals surface area contributed by atoms with Gasteiger partial charge in [0.25, 0.3) is 5.91 Å². The van der Waals surface area contributed by atoms with Gasteiger partial charge in [-0.05, 0) is 42.5 Å². The fourth-order valence-corrected chi connectivity index (χ4v) is 2.00. The Morgan fingerprint density at radius 3 is 2.79 bits per heavy atom. The predicted octanol–water partition coefficient (Wildman–Crippen LogP) is 2.81. The summed E-state index contributed by atoms with van der Waals surface area (Å²) in [7, 11) is 0. The van der Waals surface area contributed by atoms with E-state index in [2.05, 4.69) is 20.8 Å². The lowest BCUT2D eigenvalue weighted by Crippen LogP contribution is -2.15. The average molecular weight is 319 g/mol. The molecule has 1 aromatic carbocycles. The molecule has 7 nitrogen and oxygen atoms in total. The molecule has 1 amide bonds. The number of hydrogen-bond donors (Lipinski definition) is 2. The van der Waals surface area contributed by atoms with Crippen molar-refractivity contribution in [2.24, 2.45) is 0 Å². The van der Waals surface area contributed by atoms with Gasteiger partial charge < -0.3 is 15.1 Å². The Balaban J connectivity index is 1.62. The number of benzene rings is 1. The number of nitrogens with one attached hydrogen (secondary N) is 2. The number of nitriles is 1. The zero-order valence-corrected chi connectivity index (χ0v) is 12.6. The number of anilines is 2. The normalized spacial score (nSPS) is 9.96. The van der Waals surface area contributed by atoms with Gasteiger partial charge in [0.1, 0.15) is 11.6 Å². The highest BCUT2D eigenvalue weighted by molar-refractivity contribution is 6.02. The summed E-state index contributed by atoms with van der Waals surface area (Å²) in [6.07, 6.45) is 1.59. The molecule has 0 radical (unpaired) electrons. The number of aromatic nitrogens is 2. The molecule has 24 heavy (non-hydrogen) atoms. The second-order valence-electron chi connectivity index (χ2n) is 4.88. The molecule has 0 atom stereocenters. The van der Waals surface area contributed by atoms with Crippen molar-refractivity contribution in [1.29, 1.82) is 5.26 Å². The summed E-state index contributed by atoms with van der Waals surface area (Å²) in [6, 6.07) is 15.5. The van der Waals surface area contributed by atoms with Crippen LogP contribution in [0.1, 0.15) is 21.8 Å². The molecular weight excluding hydrogens is 306 g/mol. The molecule has 0 unspecified atom stereocenters. The second-order valence-corrected chi connectivity index (χ2v) is 4.88. The Kier molecular flexibility index (Phi) is 4.49. The van der Waals surface area contributed by atoms with Crippen molar-refractivity contribution in [2.45, 2.75) is 6.54 Å². The van der Waals surface area contributed by atoms with Crippen LogP contribution < -0.4 is 10.6 Å². The van der Waals surface area contributed by atoms with Crippen LogP contribution in [0, 0.1) is 11.3 Å². The summed E-state index contributed by atoms with van der Waals surface area (Å²) < 4.78 is 5.20. The number of hydrogen-bond acceptors (Lipinski definition) is 6. The maximum absolute atomic E-state index is 12.1. The molecule has 2 aromatic heterocycles. The molecule has 2 N–H and O–H groups in total. The second kappa shape index (κ2) is 7.07. The first-order chi connectivity index (χ1) is 11.7.